The van der Waals surface area contributed by atoms with Gasteiger partial charge in [-0.15, -0.1) is 5.11 Å². The monoisotopic (exact) mass is 103 g/mol. The first-order valence-electron chi connectivity index (χ1n) is 1.58. The Kier molecular flexibility index (Phi) is 26.6. The molecule has 0 aliphatic rings. The van der Waals surface area contributed by atoms with Crippen molar-refractivity contribution in [3.63, 3.8) is 0 Å². The highest BCUT2D eigenvalue weighted by Gasteiger charge is 1.43. The van der Waals surface area contributed by atoms with E-state index in [1.165, 1.54) is 7.05 Å². The van der Waals surface area contributed by atoms with Crippen molar-refractivity contribution in [3.8, 4) is 0 Å². The topological polar surface area (TPSA) is 101 Å². The van der Waals surface area contributed by atoms with Crippen molar-refractivity contribution >= 4 is 6.34 Å². The van der Waals surface area contributed by atoms with Gasteiger partial charge in [-0.1, -0.05) is 0 Å². The minimum atomic E-state index is 0.944. The number of hydrogen-bond acceptors (Lipinski definition) is 4. The Bertz CT molecular complexity index is 48.0. The Hall–Kier alpha value is -0.970. The van der Waals surface area contributed by atoms with E-state index in [1.807, 2.05) is 0 Å². The van der Waals surface area contributed by atoms with Crippen molar-refractivity contribution < 1.29 is 0 Å². The summed E-state index contributed by atoms with van der Waals surface area (Å²) in [5.41, 5.74) is 10.5. The molecule has 0 fully saturated rings. The Morgan fingerprint density at radius 2 is 2.00 bits per heavy atom. The average Bonchev–Trinajstić information content (AvgIpc) is 1.75. The van der Waals surface area contributed by atoms with Crippen molar-refractivity contribution in [2.75, 3.05) is 7.05 Å². The minimum absolute atomic E-state index is 0.944. The van der Waals surface area contributed by atoms with Crippen LogP contribution in [0.1, 0.15) is 0 Å². The summed E-state index contributed by atoms with van der Waals surface area (Å²) in [6, 6.07) is 0. The first kappa shape index (κ1) is 9.39. The summed E-state index contributed by atoms with van der Waals surface area (Å²) in [5.74, 6) is 4.49. The van der Waals surface area contributed by atoms with E-state index < -0.39 is 0 Å². The Labute approximate surface area is 41.9 Å². The molecule has 0 spiro atoms. The van der Waals surface area contributed by atoms with Gasteiger partial charge in [0.15, 0.2) is 6.34 Å². The largest absolute Gasteiger partial charge is 0.333 e. The molecule has 0 unspecified atom stereocenters. The fourth-order valence-electron chi connectivity index (χ4n) is 0.0333. The number of hydrogen-bond donors (Lipinski definition) is 3. The van der Waals surface area contributed by atoms with Crippen LogP contribution in [0.3, 0.4) is 0 Å². The highest BCUT2D eigenvalue weighted by Crippen LogP contribution is 1.44. The standard InChI is InChI=1S/CH4N4.CH5N/c2-4-1-5-3;1-2/h1-2H,3H2;2H2,1H3. The van der Waals surface area contributed by atoms with Crippen LogP contribution in [0, 0.1) is 5.53 Å². The molecule has 0 aliphatic carbocycles. The summed E-state index contributed by atoms with van der Waals surface area (Å²) in [6.07, 6.45) is 0.944. The number of hydrazone groups is 1. The molecule has 0 bridgehead atoms. The molecule has 0 aromatic carbocycles. The van der Waals surface area contributed by atoms with Crippen LogP contribution < -0.4 is 11.6 Å². The van der Waals surface area contributed by atoms with Crippen LogP contribution in [0.15, 0.2) is 10.2 Å². The van der Waals surface area contributed by atoms with Crippen molar-refractivity contribution in [2.45, 2.75) is 0 Å². The van der Waals surface area contributed by atoms with E-state index in [1.54, 1.807) is 0 Å². The molecule has 42 valence electrons. The molecule has 0 aliphatic heterocycles. The molecule has 5 heteroatoms. The van der Waals surface area contributed by atoms with Crippen LogP contribution >= 0.6 is 0 Å². The summed E-state index contributed by atoms with van der Waals surface area (Å²) in [6.45, 7) is 0. The zero-order valence-electron chi connectivity index (χ0n) is 4.13. The third-order valence-corrected chi connectivity index (χ3v) is 0.124. The number of nitrogens with zero attached hydrogens (tertiary/aromatic N) is 2. The third-order valence-electron chi connectivity index (χ3n) is 0.124. The lowest BCUT2D eigenvalue weighted by atomic mass is 11.4. The zero-order chi connectivity index (χ0) is 6.12. The Morgan fingerprint density at radius 1 is 1.57 bits per heavy atom. The molecule has 0 aromatic heterocycles. The van der Waals surface area contributed by atoms with Gasteiger partial charge in [0.1, 0.15) is 0 Å². The summed E-state index contributed by atoms with van der Waals surface area (Å²) in [4.78, 5) is 0. The second-order valence-corrected chi connectivity index (χ2v) is 0.394. The van der Waals surface area contributed by atoms with E-state index in [2.05, 4.69) is 21.8 Å². The van der Waals surface area contributed by atoms with Crippen molar-refractivity contribution in [3.05, 3.63) is 0 Å². The molecule has 0 heterocycles. The van der Waals surface area contributed by atoms with Crippen LogP contribution in [-0.2, 0) is 0 Å². The maximum atomic E-state index is 6.00. The van der Waals surface area contributed by atoms with Crippen molar-refractivity contribution in [1.29, 1.82) is 5.53 Å². The molecule has 0 aromatic rings. The van der Waals surface area contributed by atoms with Gasteiger partial charge < -0.3 is 11.6 Å². The van der Waals surface area contributed by atoms with E-state index >= 15 is 0 Å². The minimum Gasteiger partial charge on any atom is -0.333 e. The molecule has 0 radical (unpaired) electrons. The van der Waals surface area contributed by atoms with Crippen LogP contribution in [-0.4, -0.2) is 13.4 Å². The van der Waals surface area contributed by atoms with Crippen LogP contribution in [0.25, 0.3) is 0 Å². The molecule has 0 saturated carbocycles. The summed E-state index contributed by atoms with van der Waals surface area (Å²) in [5, 5.41) is 5.56. The molecule has 0 saturated heterocycles. The molecular formula is C2H9N5. The lowest BCUT2D eigenvalue weighted by Gasteiger charge is -1.58. The second kappa shape index (κ2) is 19.8. The first-order chi connectivity index (χ1) is 3.41. The summed E-state index contributed by atoms with van der Waals surface area (Å²) < 4.78 is 0. The number of rotatable bonds is 1. The van der Waals surface area contributed by atoms with E-state index in [-0.39, 0.29) is 0 Å². The summed E-state index contributed by atoms with van der Waals surface area (Å²) in [7, 11) is 1.50. The first-order valence-corrected chi connectivity index (χ1v) is 1.58. The van der Waals surface area contributed by atoms with Crippen LogP contribution in [0.2, 0.25) is 0 Å². The molecular weight excluding hydrogens is 94.1 g/mol. The van der Waals surface area contributed by atoms with Gasteiger partial charge in [0, 0.05) is 0 Å². The van der Waals surface area contributed by atoms with Crippen molar-refractivity contribution in [2.24, 2.45) is 21.8 Å². The third kappa shape index (κ3) is 43.5. The molecule has 0 rings (SSSR count). The zero-order valence-corrected chi connectivity index (χ0v) is 4.13. The predicted octanol–water partition coefficient (Wildman–Crippen LogP) is -0.506. The van der Waals surface area contributed by atoms with Gasteiger partial charge in [0.05, 0.1) is 0 Å². The highest BCUT2D eigenvalue weighted by atomic mass is 15.2. The normalized spacial score (nSPS) is 7.14. The molecule has 0 amide bonds. The molecule has 0 atom stereocenters. The number of nitrogens with two attached hydrogens (primary N) is 2. The van der Waals surface area contributed by atoms with E-state index in [0.29, 0.717) is 0 Å². The smallest absolute Gasteiger partial charge is 0.156 e. The molecule has 5 N–H and O–H groups in total. The van der Waals surface area contributed by atoms with Crippen LogP contribution in [0.5, 0.6) is 0 Å². The maximum Gasteiger partial charge on any atom is 0.156 e. The average molecular weight is 103 g/mol. The van der Waals surface area contributed by atoms with Gasteiger partial charge >= 0.3 is 0 Å². The maximum absolute atomic E-state index is 6.00. The van der Waals surface area contributed by atoms with Crippen molar-refractivity contribution in [1.82, 2.24) is 0 Å². The predicted molar refractivity (Wildman–Crippen MR) is 27.9 cm³/mol. The fourth-order valence-corrected chi connectivity index (χ4v) is 0.0333. The SMILES string of the molecule is CN.N=NC=NN. The Balaban J connectivity index is 0. The quantitative estimate of drug-likeness (QED) is 0.137. The second-order valence-electron chi connectivity index (χ2n) is 0.394. The lowest BCUT2D eigenvalue weighted by Crippen LogP contribution is -1.75. The molecule has 5 nitrogen and oxygen atoms in total. The van der Waals surface area contributed by atoms with Gasteiger partial charge in [0.25, 0.3) is 0 Å². The van der Waals surface area contributed by atoms with E-state index in [0.717, 1.165) is 6.34 Å². The highest BCUT2D eigenvalue weighted by molar-refractivity contribution is 5.52. The fraction of sp³-hybridized carbons (Fsp3) is 0.500. The van der Waals surface area contributed by atoms with Gasteiger partial charge in [-0.25, -0.2) is 5.53 Å². The lowest BCUT2D eigenvalue weighted by molar-refractivity contribution is 1.17. The van der Waals surface area contributed by atoms with E-state index in [9.17, 15) is 0 Å². The molecule has 7 heavy (non-hydrogen) atoms. The van der Waals surface area contributed by atoms with Crippen LogP contribution in [0.4, 0.5) is 0 Å². The van der Waals surface area contributed by atoms with Gasteiger partial charge in [-0.3, -0.25) is 0 Å². The van der Waals surface area contributed by atoms with Gasteiger partial charge in [-0.2, -0.15) is 5.10 Å². The van der Waals surface area contributed by atoms with Gasteiger partial charge in [-0.05, 0) is 7.05 Å². The summed E-state index contributed by atoms with van der Waals surface area (Å²) >= 11 is 0. The number of nitrogens with one attached hydrogen (secondary N) is 1. The van der Waals surface area contributed by atoms with Gasteiger partial charge in [0.2, 0.25) is 0 Å². The Morgan fingerprint density at radius 3 is 2.00 bits per heavy atom. The van der Waals surface area contributed by atoms with E-state index in [4.69, 9.17) is 5.53 Å².